The molecule has 8 nitrogen and oxygen atoms in total. The second-order valence-corrected chi connectivity index (χ2v) is 8.69. The molecule has 1 atom stereocenters. The average molecular weight is 498 g/mol. The molecule has 0 unspecified atom stereocenters. The number of pyridine rings is 1. The first-order valence-corrected chi connectivity index (χ1v) is 11.0. The predicted molar refractivity (Wildman–Crippen MR) is 119 cm³/mol. The number of halogens is 4. The molecule has 1 aromatic carbocycles. The Labute approximate surface area is 198 Å². The van der Waals surface area contributed by atoms with Crippen LogP contribution in [0, 0.1) is 5.41 Å². The number of nitrogens with zero attached hydrogens (tertiary/aromatic N) is 2. The maximum atomic E-state index is 13.1. The number of amides is 1. The Morgan fingerprint density at radius 3 is 2.65 bits per heavy atom. The molecule has 1 amide bonds. The van der Waals surface area contributed by atoms with Crippen LogP contribution in [-0.2, 0) is 15.1 Å². The number of ether oxygens (including phenoxy) is 2. The zero-order valence-electron chi connectivity index (χ0n) is 18.2. The van der Waals surface area contributed by atoms with Crippen molar-refractivity contribution in [1.82, 2.24) is 15.2 Å². The van der Waals surface area contributed by atoms with Crippen LogP contribution in [0.2, 0.25) is 5.02 Å². The van der Waals surface area contributed by atoms with Gasteiger partial charge in [0.05, 0.1) is 34.6 Å². The summed E-state index contributed by atoms with van der Waals surface area (Å²) in [4.78, 5) is 18.2. The van der Waals surface area contributed by atoms with Crippen LogP contribution < -0.4 is 15.4 Å². The molecule has 12 heteroatoms. The van der Waals surface area contributed by atoms with E-state index in [1.807, 2.05) is 0 Å². The predicted octanol–water partition coefficient (Wildman–Crippen LogP) is 4.53. The minimum absolute atomic E-state index is 0.0181. The highest BCUT2D eigenvalue weighted by atomic mass is 35.5. The van der Waals surface area contributed by atoms with Gasteiger partial charge in [-0.2, -0.15) is 0 Å². The standard InChI is InChI=1S/C22H23ClF3N5O3/c1-21(11-18(32)31(20(27)30-21)14-7-9-33-10-8-14)15-3-2-4-16(19(15)23)29-13-5-6-17(28-12-13)34-22(24,25)26/h2-6,12,14,29H,7-11H2,1H3,(H2,27,30)/t21-/m0/s1. The molecule has 2 aromatic rings. The lowest BCUT2D eigenvalue weighted by Gasteiger charge is -2.45. The van der Waals surface area contributed by atoms with Gasteiger partial charge in [0.1, 0.15) is 0 Å². The van der Waals surface area contributed by atoms with Crippen LogP contribution in [0.25, 0.3) is 0 Å². The third-order valence-corrected chi connectivity index (χ3v) is 6.20. The molecule has 2 saturated heterocycles. The number of benzene rings is 1. The highest BCUT2D eigenvalue weighted by molar-refractivity contribution is 6.34. The molecule has 0 aliphatic carbocycles. The fraction of sp³-hybridized carbons (Fsp3) is 0.409. The molecular weight excluding hydrogens is 475 g/mol. The molecule has 0 radical (unpaired) electrons. The van der Waals surface area contributed by atoms with E-state index in [1.54, 1.807) is 25.1 Å². The fourth-order valence-corrected chi connectivity index (χ4v) is 4.60. The molecule has 3 heterocycles. The number of carbonyl (C=O) groups is 1. The number of alkyl halides is 3. The van der Waals surface area contributed by atoms with E-state index in [0.29, 0.717) is 48.0 Å². The van der Waals surface area contributed by atoms with E-state index in [2.05, 4.69) is 20.4 Å². The van der Waals surface area contributed by atoms with E-state index in [9.17, 15) is 18.0 Å². The van der Waals surface area contributed by atoms with Gasteiger partial charge in [0.25, 0.3) is 0 Å². The van der Waals surface area contributed by atoms with Crippen molar-refractivity contribution in [3.05, 3.63) is 47.1 Å². The quantitative estimate of drug-likeness (QED) is 0.561. The highest BCUT2D eigenvalue weighted by Crippen LogP contribution is 2.39. The monoisotopic (exact) mass is 497 g/mol. The van der Waals surface area contributed by atoms with Gasteiger partial charge in [-0.3, -0.25) is 15.1 Å². The van der Waals surface area contributed by atoms with E-state index >= 15 is 0 Å². The first kappa shape index (κ1) is 24.1. The SMILES string of the molecule is C[C@@]1(c2cccc(Nc3ccc(OC(F)(F)F)nc3)c2Cl)CC(=O)N(C2CCOCC2)C(=N)N1. The van der Waals surface area contributed by atoms with Crippen LogP contribution in [0.5, 0.6) is 5.88 Å². The molecule has 34 heavy (non-hydrogen) atoms. The maximum absolute atomic E-state index is 13.1. The molecule has 0 saturated carbocycles. The molecule has 0 spiro atoms. The molecule has 2 fully saturated rings. The van der Waals surface area contributed by atoms with Crippen LogP contribution in [0.3, 0.4) is 0 Å². The van der Waals surface area contributed by atoms with Crippen molar-refractivity contribution >= 4 is 34.8 Å². The molecule has 2 aliphatic heterocycles. The largest absolute Gasteiger partial charge is 0.574 e. The molecular formula is C22H23ClF3N5O3. The maximum Gasteiger partial charge on any atom is 0.574 e. The molecule has 2 aliphatic rings. The van der Waals surface area contributed by atoms with Crippen LogP contribution in [-0.4, -0.2) is 47.4 Å². The van der Waals surface area contributed by atoms with Gasteiger partial charge in [0.2, 0.25) is 11.8 Å². The van der Waals surface area contributed by atoms with Gasteiger partial charge in [0, 0.05) is 25.3 Å². The zero-order valence-corrected chi connectivity index (χ0v) is 19.0. The van der Waals surface area contributed by atoms with Crippen LogP contribution in [0.15, 0.2) is 36.5 Å². The summed E-state index contributed by atoms with van der Waals surface area (Å²) in [5.74, 6) is -0.732. The average Bonchev–Trinajstić information content (AvgIpc) is 2.75. The third kappa shape index (κ3) is 5.20. The lowest BCUT2D eigenvalue weighted by Crippen LogP contribution is -2.62. The summed E-state index contributed by atoms with van der Waals surface area (Å²) in [7, 11) is 0. The first-order chi connectivity index (χ1) is 16.1. The van der Waals surface area contributed by atoms with Crippen molar-refractivity contribution < 1.29 is 27.4 Å². The minimum Gasteiger partial charge on any atom is -0.388 e. The second kappa shape index (κ2) is 9.30. The highest BCUT2D eigenvalue weighted by Gasteiger charge is 2.43. The summed E-state index contributed by atoms with van der Waals surface area (Å²) in [6, 6.07) is 7.59. The van der Waals surface area contributed by atoms with Gasteiger partial charge in [0.15, 0.2) is 5.96 Å². The summed E-state index contributed by atoms with van der Waals surface area (Å²) < 4.78 is 46.1. The van der Waals surface area contributed by atoms with Crippen molar-refractivity contribution in [3.8, 4) is 5.88 Å². The van der Waals surface area contributed by atoms with E-state index in [-0.39, 0.29) is 24.3 Å². The number of carbonyl (C=O) groups excluding carboxylic acids is 1. The van der Waals surface area contributed by atoms with Gasteiger partial charge in [-0.1, -0.05) is 23.7 Å². The summed E-state index contributed by atoms with van der Waals surface area (Å²) in [5, 5.41) is 15.0. The van der Waals surface area contributed by atoms with Gasteiger partial charge < -0.3 is 20.1 Å². The number of guanidine groups is 1. The van der Waals surface area contributed by atoms with E-state index in [4.69, 9.17) is 21.7 Å². The van der Waals surface area contributed by atoms with Crippen LogP contribution in [0.1, 0.15) is 31.7 Å². The fourth-order valence-electron chi connectivity index (χ4n) is 4.21. The van der Waals surface area contributed by atoms with Crippen molar-refractivity contribution in [2.45, 2.75) is 44.1 Å². The topological polar surface area (TPSA) is 99.6 Å². The van der Waals surface area contributed by atoms with E-state index in [0.717, 1.165) is 6.07 Å². The molecule has 4 rings (SSSR count). The smallest absolute Gasteiger partial charge is 0.388 e. The van der Waals surface area contributed by atoms with Crippen molar-refractivity contribution in [2.75, 3.05) is 18.5 Å². The summed E-state index contributed by atoms with van der Waals surface area (Å²) >= 11 is 6.67. The Morgan fingerprint density at radius 2 is 2.03 bits per heavy atom. The van der Waals surface area contributed by atoms with E-state index < -0.39 is 17.8 Å². The van der Waals surface area contributed by atoms with Crippen molar-refractivity contribution in [1.29, 1.82) is 5.41 Å². The van der Waals surface area contributed by atoms with Gasteiger partial charge in [-0.25, -0.2) is 4.98 Å². The number of rotatable bonds is 5. The Hall–Kier alpha value is -3.05. The van der Waals surface area contributed by atoms with Crippen molar-refractivity contribution in [3.63, 3.8) is 0 Å². The second-order valence-electron chi connectivity index (χ2n) is 8.31. The Morgan fingerprint density at radius 1 is 1.29 bits per heavy atom. The molecule has 0 bridgehead atoms. The summed E-state index contributed by atoms with van der Waals surface area (Å²) in [6.07, 6.45) is -2.19. The van der Waals surface area contributed by atoms with Crippen LogP contribution >= 0.6 is 11.6 Å². The Balaban J connectivity index is 1.52. The van der Waals surface area contributed by atoms with Gasteiger partial charge in [-0.15, -0.1) is 13.2 Å². The van der Waals surface area contributed by atoms with Gasteiger partial charge >= 0.3 is 6.36 Å². The molecule has 3 N–H and O–H groups in total. The third-order valence-electron chi connectivity index (χ3n) is 5.79. The van der Waals surface area contributed by atoms with Crippen LogP contribution in [0.4, 0.5) is 24.5 Å². The Bertz CT molecular complexity index is 1060. The zero-order chi connectivity index (χ0) is 24.5. The molecule has 182 valence electrons. The Kier molecular flexibility index (Phi) is 6.59. The lowest BCUT2D eigenvalue weighted by atomic mass is 9.85. The normalized spacial score (nSPS) is 21.9. The van der Waals surface area contributed by atoms with Gasteiger partial charge in [-0.05, 0) is 37.5 Å². The number of hydrogen-bond donors (Lipinski definition) is 3. The number of anilines is 2. The van der Waals surface area contributed by atoms with Crippen molar-refractivity contribution in [2.24, 2.45) is 0 Å². The minimum atomic E-state index is -4.83. The number of hydrogen-bond acceptors (Lipinski definition) is 6. The lowest BCUT2D eigenvalue weighted by molar-refractivity contribution is -0.276. The molecule has 1 aromatic heterocycles. The number of aromatic nitrogens is 1. The number of nitrogens with one attached hydrogen (secondary N) is 3. The first-order valence-electron chi connectivity index (χ1n) is 10.6. The summed E-state index contributed by atoms with van der Waals surface area (Å²) in [5.41, 5.74) is 0.547. The van der Waals surface area contributed by atoms with E-state index in [1.165, 1.54) is 17.2 Å². The summed E-state index contributed by atoms with van der Waals surface area (Å²) in [6.45, 7) is 2.91.